The Bertz CT molecular complexity index is 643. The number of nitrogens with two attached hydrogens (primary N) is 1. The highest BCUT2D eigenvalue weighted by Gasteiger charge is 2.23. The number of nitrogens with zero attached hydrogens (tertiary/aromatic N) is 3. The molecular formula is C16H21ClN4OS. The van der Waals surface area contributed by atoms with Gasteiger partial charge >= 0.3 is 0 Å². The van der Waals surface area contributed by atoms with Crippen molar-refractivity contribution in [3.8, 4) is 0 Å². The van der Waals surface area contributed by atoms with Crippen molar-refractivity contribution in [1.29, 1.82) is 0 Å². The summed E-state index contributed by atoms with van der Waals surface area (Å²) in [6.07, 6.45) is 2.91. The maximum Gasteiger partial charge on any atom is 0.222 e. The molecule has 3 rings (SSSR count). The standard InChI is InChI=1S/C16H21ClN4OS/c1-11-9-15(20-16(18)19-11)21-6-2-7-22-10-12(21)3-4-14-13(17)5-8-23-14/h5,8-9,12H,2-4,6-7,10H2,1H3,(H2,18,19,20). The number of ether oxygens (including phenoxy) is 1. The monoisotopic (exact) mass is 352 g/mol. The molecule has 1 saturated heterocycles. The molecule has 1 aliphatic heterocycles. The molecule has 23 heavy (non-hydrogen) atoms. The van der Waals surface area contributed by atoms with Gasteiger partial charge in [-0.1, -0.05) is 11.6 Å². The van der Waals surface area contributed by atoms with Crippen LogP contribution in [0, 0.1) is 6.92 Å². The van der Waals surface area contributed by atoms with Gasteiger partial charge in [0.15, 0.2) is 0 Å². The van der Waals surface area contributed by atoms with Gasteiger partial charge in [0.1, 0.15) is 5.82 Å². The first-order valence-corrected chi connectivity index (χ1v) is 9.06. The van der Waals surface area contributed by atoms with Crippen LogP contribution in [0.25, 0.3) is 0 Å². The Morgan fingerprint density at radius 2 is 2.35 bits per heavy atom. The first-order chi connectivity index (χ1) is 11.1. The van der Waals surface area contributed by atoms with Crippen LogP contribution in [-0.4, -0.2) is 35.8 Å². The Kier molecular flexibility index (Phi) is 5.35. The number of aromatic nitrogens is 2. The van der Waals surface area contributed by atoms with Crippen LogP contribution in [0.4, 0.5) is 11.8 Å². The van der Waals surface area contributed by atoms with Crippen LogP contribution in [0.5, 0.6) is 0 Å². The van der Waals surface area contributed by atoms with E-state index in [0.29, 0.717) is 12.6 Å². The van der Waals surface area contributed by atoms with Crippen LogP contribution >= 0.6 is 22.9 Å². The molecule has 0 amide bonds. The molecule has 3 heterocycles. The first kappa shape index (κ1) is 16.5. The van der Waals surface area contributed by atoms with Crippen LogP contribution in [0.2, 0.25) is 5.02 Å². The molecule has 124 valence electrons. The van der Waals surface area contributed by atoms with Gasteiger partial charge in [-0.25, -0.2) is 4.98 Å². The summed E-state index contributed by atoms with van der Waals surface area (Å²) in [5, 5.41) is 2.89. The highest BCUT2D eigenvalue weighted by atomic mass is 35.5. The van der Waals surface area contributed by atoms with Crippen molar-refractivity contribution in [1.82, 2.24) is 9.97 Å². The molecule has 0 radical (unpaired) electrons. The van der Waals surface area contributed by atoms with Gasteiger partial charge < -0.3 is 15.4 Å². The van der Waals surface area contributed by atoms with Crippen molar-refractivity contribution in [2.24, 2.45) is 0 Å². The number of thiophene rings is 1. The van der Waals surface area contributed by atoms with Crippen molar-refractivity contribution in [3.05, 3.63) is 33.1 Å². The van der Waals surface area contributed by atoms with Gasteiger partial charge in [0.25, 0.3) is 0 Å². The molecule has 0 aliphatic carbocycles. The number of anilines is 2. The van der Waals surface area contributed by atoms with E-state index in [2.05, 4.69) is 14.9 Å². The summed E-state index contributed by atoms with van der Waals surface area (Å²) in [6.45, 7) is 4.34. The topological polar surface area (TPSA) is 64.3 Å². The van der Waals surface area contributed by atoms with E-state index in [-0.39, 0.29) is 6.04 Å². The van der Waals surface area contributed by atoms with Crippen molar-refractivity contribution >= 4 is 34.7 Å². The molecule has 1 fully saturated rings. The maximum atomic E-state index is 6.21. The number of rotatable bonds is 4. The van der Waals surface area contributed by atoms with Crippen molar-refractivity contribution < 1.29 is 4.74 Å². The smallest absolute Gasteiger partial charge is 0.222 e. The van der Waals surface area contributed by atoms with E-state index in [1.807, 2.05) is 24.4 Å². The summed E-state index contributed by atoms with van der Waals surface area (Å²) in [4.78, 5) is 12.1. The molecule has 0 spiro atoms. The number of aryl methyl sites for hydroxylation is 2. The molecule has 2 aromatic rings. The van der Waals surface area contributed by atoms with Crippen LogP contribution in [0.1, 0.15) is 23.4 Å². The molecule has 2 N–H and O–H groups in total. The minimum absolute atomic E-state index is 0.268. The second-order valence-electron chi connectivity index (χ2n) is 5.73. The lowest BCUT2D eigenvalue weighted by Crippen LogP contribution is -2.38. The molecule has 7 heteroatoms. The summed E-state index contributed by atoms with van der Waals surface area (Å²) in [5.41, 5.74) is 6.71. The Balaban J connectivity index is 1.78. The molecule has 5 nitrogen and oxygen atoms in total. The van der Waals surface area contributed by atoms with Gasteiger partial charge in [-0.15, -0.1) is 11.3 Å². The third-order valence-electron chi connectivity index (χ3n) is 3.99. The van der Waals surface area contributed by atoms with Crippen LogP contribution in [-0.2, 0) is 11.2 Å². The Morgan fingerprint density at radius 1 is 1.48 bits per heavy atom. The van der Waals surface area contributed by atoms with Gasteiger partial charge in [0, 0.05) is 29.8 Å². The molecule has 1 atom stereocenters. The molecule has 0 saturated carbocycles. The molecule has 2 aromatic heterocycles. The summed E-state index contributed by atoms with van der Waals surface area (Å²) < 4.78 is 5.77. The lowest BCUT2D eigenvalue weighted by atomic mass is 10.1. The minimum atomic E-state index is 0.268. The van der Waals surface area contributed by atoms with Gasteiger partial charge in [0.2, 0.25) is 5.95 Å². The van der Waals surface area contributed by atoms with Gasteiger partial charge in [-0.2, -0.15) is 4.98 Å². The summed E-state index contributed by atoms with van der Waals surface area (Å²) >= 11 is 7.92. The number of hydrogen-bond donors (Lipinski definition) is 1. The third kappa shape index (κ3) is 4.13. The van der Waals surface area contributed by atoms with Crippen molar-refractivity contribution in [2.75, 3.05) is 30.4 Å². The van der Waals surface area contributed by atoms with E-state index in [1.54, 1.807) is 11.3 Å². The van der Waals surface area contributed by atoms with E-state index in [1.165, 1.54) is 4.88 Å². The van der Waals surface area contributed by atoms with Crippen LogP contribution < -0.4 is 10.6 Å². The Morgan fingerprint density at radius 3 is 3.09 bits per heavy atom. The summed E-state index contributed by atoms with van der Waals surface area (Å²) in [6, 6.07) is 4.22. The highest BCUT2D eigenvalue weighted by molar-refractivity contribution is 7.10. The zero-order valence-electron chi connectivity index (χ0n) is 13.2. The van der Waals surface area contributed by atoms with Crippen LogP contribution in [0.3, 0.4) is 0 Å². The van der Waals surface area contributed by atoms with Crippen molar-refractivity contribution in [3.63, 3.8) is 0 Å². The lowest BCUT2D eigenvalue weighted by molar-refractivity contribution is 0.132. The van der Waals surface area contributed by atoms with E-state index in [9.17, 15) is 0 Å². The number of hydrogen-bond acceptors (Lipinski definition) is 6. The van der Waals surface area contributed by atoms with Crippen molar-refractivity contribution in [2.45, 2.75) is 32.2 Å². The zero-order chi connectivity index (χ0) is 16.2. The van der Waals surface area contributed by atoms with Gasteiger partial charge in [-0.3, -0.25) is 0 Å². The van der Waals surface area contributed by atoms with E-state index in [0.717, 1.165) is 48.9 Å². The SMILES string of the molecule is Cc1cc(N2CCCOCC2CCc2sccc2Cl)nc(N)n1. The molecule has 1 aliphatic rings. The number of halogens is 1. The lowest BCUT2D eigenvalue weighted by Gasteiger charge is -2.30. The first-order valence-electron chi connectivity index (χ1n) is 7.81. The van der Waals surface area contributed by atoms with E-state index >= 15 is 0 Å². The summed E-state index contributed by atoms with van der Waals surface area (Å²) in [7, 11) is 0. The second kappa shape index (κ2) is 7.47. The van der Waals surface area contributed by atoms with Gasteiger partial charge in [-0.05, 0) is 37.6 Å². The normalized spacial score (nSPS) is 18.9. The number of nitrogen functional groups attached to an aromatic ring is 1. The largest absolute Gasteiger partial charge is 0.379 e. The molecular weight excluding hydrogens is 332 g/mol. The Labute approximate surface area is 145 Å². The van der Waals surface area contributed by atoms with Crippen LogP contribution in [0.15, 0.2) is 17.5 Å². The predicted molar refractivity (Wildman–Crippen MR) is 95.4 cm³/mol. The predicted octanol–water partition coefficient (Wildman–Crippen LogP) is 3.31. The van der Waals surface area contributed by atoms with E-state index < -0.39 is 0 Å². The van der Waals surface area contributed by atoms with Gasteiger partial charge in [0.05, 0.1) is 17.7 Å². The Hall–Kier alpha value is -1.37. The maximum absolute atomic E-state index is 6.21. The van der Waals surface area contributed by atoms with E-state index in [4.69, 9.17) is 22.1 Å². The summed E-state index contributed by atoms with van der Waals surface area (Å²) in [5.74, 6) is 1.22. The molecule has 0 bridgehead atoms. The highest BCUT2D eigenvalue weighted by Crippen LogP contribution is 2.26. The fourth-order valence-electron chi connectivity index (χ4n) is 2.89. The quantitative estimate of drug-likeness (QED) is 0.914. The average molecular weight is 353 g/mol. The molecule has 0 aromatic carbocycles. The zero-order valence-corrected chi connectivity index (χ0v) is 14.7. The molecule has 1 unspecified atom stereocenters. The fraction of sp³-hybridized carbons (Fsp3) is 0.500. The fourth-order valence-corrected chi connectivity index (χ4v) is 4.04. The average Bonchev–Trinajstić information content (AvgIpc) is 2.78. The second-order valence-corrected chi connectivity index (χ2v) is 7.14. The minimum Gasteiger partial charge on any atom is -0.379 e. The third-order valence-corrected chi connectivity index (χ3v) is 5.43.